The molecule has 0 bridgehead atoms. The van der Waals surface area contributed by atoms with E-state index in [1.54, 1.807) is 12.1 Å². The molecular formula is C15H12ClFOS. The van der Waals surface area contributed by atoms with E-state index >= 15 is 0 Å². The molecule has 98 valence electrons. The number of Topliss-reactive ketones (excluding diaryl/α,β-unsaturated/α-hetero) is 1. The Morgan fingerprint density at radius 2 is 2.05 bits per heavy atom. The van der Waals surface area contributed by atoms with Crippen LogP contribution in [0.4, 0.5) is 4.39 Å². The highest BCUT2D eigenvalue weighted by Crippen LogP contribution is 2.26. The highest BCUT2D eigenvalue weighted by molar-refractivity contribution is 7.98. The molecule has 4 heteroatoms. The van der Waals surface area contributed by atoms with Crippen LogP contribution in [0.5, 0.6) is 0 Å². The van der Waals surface area contributed by atoms with Gasteiger partial charge in [-0.05, 0) is 42.8 Å². The fourth-order valence-corrected chi connectivity index (χ4v) is 2.74. The lowest BCUT2D eigenvalue weighted by atomic mass is 10.2. The molecule has 0 unspecified atom stereocenters. The van der Waals surface area contributed by atoms with Crippen molar-refractivity contribution in [3.05, 3.63) is 64.4 Å². The zero-order valence-corrected chi connectivity index (χ0v) is 11.9. The third kappa shape index (κ3) is 3.82. The third-order valence-corrected chi connectivity index (χ3v) is 3.92. The lowest BCUT2D eigenvalue weighted by molar-refractivity contribution is 0.101. The van der Waals surface area contributed by atoms with Crippen LogP contribution in [0, 0.1) is 5.82 Å². The third-order valence-electron chi connectivity index (χ3n) is 2.64. The van der Waals surface area contributed by atoms with Crippen LogP contribution in [0.25, 0.3) is 0 Å². The van der Waals surface area contributed by atoms with Gasteiger partial charge >= 0.3 is 0 Å². The Hall–Kier alpha value is -1.32. The molecule has 0 heterocycles. The number of benzene rings is 2. The molecule has 0 spiro atoms. The Balaban J connectivity index is 2.12. The summed E-state index contributed by atoms with van der Waals surface area (Å²) in [6.45, 7) is 1.53. The topological polar surface area (TPSA) is 17.1 Å². The van der Waals surface area contributed by atoms with Gasteiger partial charge in [-0.3, -0.25) is 4.79 Å². The van der Waals surface area contributed by atoms with Gasteiger partial charge in [-0.1, -0.05) is 23.7 Å². The maximum Gasteiger partial charge on any atom is 0.159 e. The van der Waals surface area contributed by atoms with Crippen molar-refractivity contribution in [3.63, 3.8) is 0 Å². The molecule has 0 amide bonds. The summed E-state index contributed by atoms with van der Waals surface area (Å²) < 4.78 is 13.6. The van der Waals surface area contributed by atoms with Gasteiger partial charge in [-0.2, -0.15) is 0 Å². The molecule has 1 nitrogen and oxygen atoms in total. The van der Waals surface area contributed by atoms with E-state index in [0.29, 0.717) is 21.9 Å². The van der Waals surface area contributed by atoms with Crippen LogP contribution < -0.4 is 0 Å². The van der Waals surface area contributed by atoms with E-state index in [0.717, 1.165) is 4.90 Å². The molecule has 2 aromatic rings. The van der Waals surface area contributed by atoms with Gasteiger partial charge in [0, 0.05) is 21.2 Å². The minimum absolute atomic E-state index is 0.0244. The molecule has 0 atom stereocenters. The van der Waals surface area contributed by atoms with Crippen molar-refractivity contribution in [1.82, 2.24) is 0 Å². The quantitative estimate of drug-likeness (QED) is 0.585. The molecule has 0 aliphatic carbocycles. The van der Waals surface area contributed by atoms with E-state index in [1.807, 2.05) is 18.2 Å². The molecule has 19 heavy (non-hydrogen) atoms. The van der Waals surface area contributed by atoms with E-state index < -0.39 is 0 Å². The second kappa shape index (κ2) is 6.22. The van der Waals surface area contributed by atoms with Crippen molar-refractivity contribution in [3.8, 4) is 0 Å². The second-order valence-corrected chi connectivity index (χ2v) is 5.59. The SMILES string of the molecule is CC(=O)c1cccc(SCc2cc(Cl)ccc2F)c1. The summed E-state index contributed by atoms with van der Waals surface area (Å²) in [5, 5.41) is 0.523. The van der Waals surface area contributed by atoms with Crippen molar-refractivity contribution in [1.29, 1.82) is 0 Å². The molecule has 0 aliphatic rings. The van der Waals surface area contributed by atoms with Crippen molar-refractivity contribution in [2.75, 3.05) is 0 Å². The van der Waals surface area contributed by atoms with Gasteiger partial charge < -0.3 is 0 Å². The fourth-order valence-electron chi connectivity index (χ4n) is 1.62. The van der Waals surface area contributed by atoms with Crippen LogP contribution in [0.1, 0.15) is 22.8 Å². The van der Waals surface area contributed by atoms with E-state index in [2.05, 4.69) is 0 Å². The molecule has 2 rings (SSSR count). The highest BCUT2D eigenvalue weighted by atomic mass is 35.5. The van der Waals surface area contributed by atoms with E-state index in [-0.39, 0.29) is 11.6 Å². The average Bonchev–Trinajstić information content (AvgIpc) is 2.40. The number of hydrogen-bond acceptors (Lipinski definition) is 2. The summed E-state index contributed by atoms with van der Waals surface area (Å²) in [7, 11) is 0. The Kier molecular flexibility index (Phi) is 4.61. The van der Waals surface area contributed by atoms with Crippen LogP contribution in [-0.4, -0.2) is 5.78 Å². The van der Waals surface area contributed by atoms with Gasteiger partial charge in [-0.15, -0.1) is 11.8 Å². The monoisotopic (exact) mass is 294 g/mol. The molecule has 0 saturated carbocycles. The summed E-state index contributed by atoms with van der Waals surface area (Å²) >= 11 is 7.32. The smallest absolute Gasteiger partial charge is 0.159 e. The Morgan fingerprint density at radius 1 is 1.26 bits per heavy atom. The summed E-state index contributed by atoms with van der Waals surface area (Å²) in [4.78, 5) is 12.2. The zero-order valence-electron chi connectivity index (χ0n) is 10.3. The van der Waals surface area contributed by atoms with Crippen molar-refractivity contribution >= 4 is 29.1 Å². The van der Waals surface area contributed by atoms with E-state index in [1.165, 1.54) is 30.8 Å². The van der Waals surface area contributed by atoms with Gasteiger partial charge in [0.05, 0.1) is 0 Å². The number of carbonyl (C=O) groups excluding carboxylic acids is 1. The maximum absolute atomic E-state index is 13.6. The summed E-state index contributed by atoms with van der Waals surface area (Å²) in [6, 6.07) is 11.8. The number of halogens is 2. The van der Waals surface area contributed by atoms with Crippen molar-refractivity contribution in [2.24, 2.45) is 0 Å². The van der Waals surface area contributed by atoms with Crippen LogP contribution in [0.15, 0.2) is 47.4 Å². The second-order valence-electron chi connectivity index (χ2n) is 4.11. The molecule has 0 radical (unpaired) electrons. The van der Waals surface area contributed by atoms with Gasteiger partial charge in [0.15, 0.2) is 5.78 Å². The lowest BCUT2D eigenvalue weighted by Crippen LogP contribution is -1.92. The first kappa shape index (κ1) is 14.1. The average molecular weight is 295 g/mol. The Labute approximate surface area is 120 Å². The number of thioether (sulfide) groups is 1. The molecule has 0 fully saturated rings. The van der Waals surface area contributed by atoms with Crippen LogP contribution in [-0.2, 0) is 5.75 Å². The van der Waals surface area contributed by atoms with Gasteiger partial charge in [0.1, 0.15) is 5.82 Å². The van der Waals surface area contributed by atoms with Gasteiger partial charge in [-0.25, -0.2) is 4.39 Å². The number of hydrogen-bond donors (Lipinski definition) is 0. The summed E-state index contributed by atoms with van der Waals surface area (Å²) in [5.74, 6) is 0.240. The van der Waals surface area contributed by atoms with Crippen LogP contribution in [0.2, 0.25) is 5.02 Å². The standard InChI is InChI=1S/C15H12ClFOS/c1-10(18)11-3-2-4-14(8-11)19-9-12-7-13(16)5-6-15(12)17/h2-8H,9H2,1H3. The van der Waals surface area contributed by atoms with Crippen LogP contribution in [0.3, 0.4) is 0 Å². The van der Waals surface area contributed by atoms with Crippen molar-refractivity contribution in [2.45, 2.75) is 17.6 Å². The molecule has 0 aliphatic heterocycles. The lowest BCUT2D eigenvalue weighted by Gasteiger charge is -2.05. The molecule has 0 N–H and O–H groups in total. The molecular weight excluding hydrogens is 283 g/mol. The maximum atomic E-state index is 13.6. The summed E-state index contributed by atoms with van der Waals surface area (Å²) in [6.07, 6.45) is 0. The predicted molar refractivity (Wildman–Crippen MR) is 77.4 cm³/mol. The first-order valence-electron chi connectivity index (χ1n) is 5.74. The van der Waals surface area contributed by atoms with Gasteiger partial charge in [0.25, 0.3) is 0 Å². The number of rotatable bonds is 4. The molecule has 0 aromatic heterocycles. The number of ketones is 1. The van der Waals surface area contributed by atoms with Gasteiger partial charge in [0.2, 0.25) is 0 Å². The van der Waals surface area contributed by atoms with E-state index in [9.17, 15) is 9.18 Å². The zero-order chi connectivity index (χ0) is 13.8. The Morgan fingerprint density at radius 3 is 2.79 bits per heavy atom. The van der Waals surface area contributed by atoms with Crippen molar-refractivity contribution < 1.29 is 9.18 Å². The number of carbonyl (C=O) groups is 1. The highest BCUT2D eigenvalue weighted by Gasteiger charge is 2.05. The summed E-state index contributed by atoms with van der Waals surface area (Å²) in [5.41, 5.74) is 1.22. The first-order chi connectivity index (χ1) is 9.06. The predicted octanol–water partition coefficient (Wildman–Crippen LogP) is 4.97. The minimum Gasteiger partial charge on any atom is -0.295 e. The van der Waals surface area contributed by atoms with E-state index in [4.69, 9.17) is 11.6 Å². The fraction of sp³-hybridized carbons (Fsp3) is 0.133. The minimum atomic E-state index is -0.264. The molecule has 0 saturated heterocycles. The largest absolute Gasteiger partial charge is 0.295 e. The van der Waals surface area contributed by atoms with Crippen LogP contribution >= 0.6 is 23.4 Å². The molecule has 2 aromatic carbocycles. The Bertz CT molecular complexity index is 613. The normalized spacial score (nSPS) is 10.5. The first-order valence-corrected chi connectivity index (χ1v) is 7.10.